The van der Waals surface area contributed by atoms with Crippen LogP contribution in [0, 0.1) is 0 Å². The average Bonchev–Trinajstić information content (AvgIpc) is 3.08. The summed E-state index contributed by atoms with van der Waals surface area (Å²) in [6, 6.07) is 12.2. The van der Waals surface area contributed by atoms with Gasteiger partial charge in [-0.1, -0.05) is 6.07 Å². The van der Waals surface area contributed by atoms with Crippen LogP contribution in [0.2, 0.25) is 0 Å². The van der Waals surface area contributed by atoms with Crippen LogP contribution in [0.1, 0.15) is 23.7 Å². The van der Waals surface area contributed by atoms with Crippen molar-refractivity contribution in [1.29, 1.82) is 0 Å². The van der Waals surface area contributed by atoms with Crippen molar-refractivity contribution in [2.45, 2.75) is 19.4 Å². The van der Waals surface area contributed by atoms with Crippen LogP contribution in [-0.2, 0) is 4.79 Å². The number of amides is 2. The van der Waals surface area contributed by atoms with E-state index < -0.39 is 0 Å². The summed E-state index contributed by atoms with van der Waals surface area (Å²) in [6.45, 7) is 2.91. The van der Waals surface area contributed by atoms with E-state index in [9.17, 15) is 9.59 Å². The Kier molecular flexibility index (Phi) is 6.03. The monoisotopic (exact) mass is 384 g/mol. The van der Waals surface area contributed by atoms with E-state index >= 15 is 0 Å². The lowest BCUT2D eigenvalue weighted by atomic mass is 10.1. The fourth-order valence-corrected chi connectivity index (χ4v) is 3.27. The van der Waals surface area contributed by atoms with E-state index in [0.29, 0.717) is 30.2 Å². The molecular weight excluding hydrogens is 360 g/mol. The van der Waals surface area contributed by atoms with Gasteiger partial charge in [-0.2, -0.15) is 0 Å². The van der Waals surface area contributed by atoms with E-state index in [1.54, 1.807) is 23.1 Å². The second-order valence-electron chi connectivity index (χ2n) is 6.35. The maximum absolute atomic E-state index is 12.7. The van der Waals surface area contributed by atoms with Gasteiger partial charge in [-0.05, 0) is 43.3 Å². The van der Waals surface area contributed by atoms with E-state index in [0.717, 1.165) is 11.4 Å². The van der Waals surface area contributed by atoms with Crippen molar-refractivity contribution in [3.63, 3.8) is 0 Å². The van der Waals surface area contributed by atoms with Crippen LogP contribution in [0.25, 0.3) is 0 Å². The van der Waals surface area contributed by atoms with E-state index in [1.165, 1.54) is 14.2 Å². The number of anilines is 1. The van der Waals surface area contributed by atoms with Crippen LogP contribution in [0.4, 0.5) is 5.69 Å². The van der Waals surface area contributed by atoms with Gasteiger partial charge in [0.05, 0.1) is 32.4 Å². The molecule has 2 aromatic carbocycles. The molecule has 7 heteroatoms. The average molecular weight is 384 g/mol. The highest BCUT2D eigenvalue weighted by Gasteiger charge is 2.32. The van der Waals surface area contributed by atoms with Crippen molar-refractivity contribution in [2.75, 3.05) is 32.3 Å². The molecule has 0 saturated carbocycles. The highest BCUT2D eigenvalue weighted by atomic mass is 16.5. The number of rotatable bonds is 7. The van der Waals surface area contributed by atoms with E-state index in [4.69, 9.17) is 14.2 Å². The molecule has 1 atom stereocenters. The number of para-hydroxylation sites is 1. The molecule has 2 aromatic rings. The van der Waals surface area contributed by atoms with Crippen molar-refractivity contribution < 1.29 is 23.8 Å². The minimum Gasteiger partial charge on any atom is -0.494 e. The Labute approximate surface area is 164 Å². The first-order valence-corrected chi connectivity index (χ1v) is 9.12. The van der Waals surface area contributed by atoms with Crippen molar-refractivity contribution in [3.8, 4) is 17.2 Å². The Balaban J connectivity index is 1.70. The molecule has 0 spiro atoms. The lowest BCUT2D eigenvalue weighted by Gasteiger charge is -2.18. The van der Waals surface area contributed by atoms with Crippen LogP contribution in [0.5, 0.6) is 17.2 Å². The second-order valence-corrected chi connectivity index (χ2v) is 6.35. The van der Waals surface area contributed by atoms with Crippen LogP contribution >= 0.6 is 0 Å². The Morgan fingerprint density at radius 3 is 2.54 bits per heavy atom. The zero-order chi connectivity index (χ0) is 20.1. The Bertz CT molecular complexity index is 850. The first-order chi connectivity index (χ1) is 13.6. The van der Waals surface area contributed by atoms with Gasteiger partial charge in [0.2, 0.25) is 5.91 Å². The van der Waals surface area contributed by atoms with E-state index in [-0.39, 0.29) is 24.3 Å². The quantitative estimate of drug-likeness (QED) is 0.794. The second kappa shape index (κ2) is 8.65. The van der Waals surface area contributed by atoms with Gasteiger partial charge in [-0.15, -0.1) is 0 Å². The molecular formula is C21H24N2O5. The normalized spacial score (nSPS) is 16.0. The zero-order valence-corrected chi connectivity index (χ0v) is 16.2. The first kappa shape index (κ1) is 19.5. The summed E-state index contributed by atoms with van der Waals surface area (Å²) in [7, 11) is 3.01. The molecule has 0 bridgehead atoms. The zero-order valence-electron chi connectivity index (χ0n) is 16.2. The van der Waals surface area contributed by atoms with E-state index in [1.807, 2.05) is 31.2 Å². The smallest absolute Gasteiger partial charge is 0.255 e. The molecule has 1 N–H and O–H groups in total. The Morgan fingerprint density at radius 2 is 1.89 bits per heavy atom. The fraction of sp³-hybridized carbons (Fsp3) is 0.333. The lowest BCUT2D eigenvalue weighted by molar-refractivity contribution is -0.117. The third kappa shape index (κ3) is 4.03. The molecule has 1 fully saturated rings. The third-order valence-corrected chi connectivity index (χ3v) is 4.57. The number of methoxy groups -OCH3 is 2. The molecule has 0 unspecified atom stereocenters. The molecule has 7 nitrogen and oxygen atoms in total. The van der Waals surface area contributed by atoms with Gasteiger partial charge in [-0.3, -0.25) is 9.59 Å². The molecule has 2 amide bonds. The van der Waals surface area contributed by atoms with E-state index in [2.05, 4.69) is 5.32 Å². The summed E-state index contributed by atoms with van der Waals surface area (Å²) in [4.78, 5) is 26.8. The number of carbonyl (C=O) groups excluding carboxylic acids is 2. The minimum atomic E-state index is -0.304. The SMILES string of the molecule is CCOc1ccc(N2C[C@@H](NC(=O)c3cccc(OC)c3OC)CC2=O)cc1. The number of carbonyl (C=O) groups is 2. The van der Waals surface area contributed by atoms with Crippen molar-refractivity contribution >= 4 is 17.5 Å². The Hall–Kier alpha value is -3.22. The molecule has 0 aromatic heterocycles. The van der Waals surface area contributed by atoms with Gasteiger partial charge in [0.1, 0.15) is 5.75 Å². The highest BCUT2D eigenvalue weighted by Crippen LogP contribution is 2.31. The van der Waals surface area contributed by atoms with Crippen LogP contribution < -0.4 is 24.4 Å². The van der Waals surface area contributed by atoms with Crippen molar-refractivity contribution in [3.05, 3.63) is 48.0 Å². The van der Waals surface area contributed by atoms with Crippen molar-refractivity contribution in [1.82, 2.24) is 5.32 Å². The number of hydrogen-bond acceptors (Lipinski definition) is 5. The number of ether oxygens (including phenoxy) is 3. The largest absolute Gasteiger partial charge is 0.494 e. The standard InChI is InChI=1S/C21H24N2O5/c1-4-28-16-10-8-15(9-11-16)23-13-14(12-19(23)24)22-21(25)17-6-5-7-18(26-2)20(17)27-3/h5-11,14H,4,12-13H2,1-3H3,(H,22,25)/t14-/m0/s1. The molecule has 1 aliphatic rings. The summed E-state index contributed by atoms with van der Waals surface area (Å²) in [5, 5.41) is 2.92. The summed E-state index contributed by atoms with van der Waals surface area (Å²) in [6.07, 6.45) is 0.241. The number of benzene rings is 2. The summed E-state index contributed by atoms with van der Waals surface area (Å²) < 4.78 is 16.0. The number of nitrogens with one attached hydrogen (secondary N) is 1. The first-order valence-electron chi connectivity index (χ1n) is 9.12. The van der Waals surface area contributed by atoms with Gasteiger partial charge in [0, 0.05) is 18.7 Å². The topological polar surface area (TPSA) is 77.1 Å². The van der Waals surface area contributed by atoms with Gasteiger partial charge < -0.3 is 24.4 Å². The summed E-state index contributed by atoms with van der Waals surface area (Å²) in [5.41, 5.74) is 1.15. The van der Waals surface area contributed by atoms with Crippen LogP contribution in [-0.4, -0.2) is 45.2 Å². The van der Waals surface area contributed by atoms with Gasteiger partial charge in [-0.25, -0.2) is 0 Å². The molecule has 1 heterocycles. The van der Waals surface area contributed by atoms with Gasteiger partial charge >= 0.3 is 0 Å². The predicted octanol–water partition coefficient (Wildman–Crippen LogP) is 2.64. The van der Waals surface area contributed by atoms with Gasteiger partial charge in [0.25, 0.3) is 5.91 Å². The molecule has 148 valence electrons. The summed E-state index contributed by atoms with van der Waals surface area (Å²) in [5.74, 6) is 1.27. The molecule has 28 heavy (non-hydrogen) atoms. The molecule has 0 aliphatic carbocycles. The lowest BCUT2D eigenvalue weighted by Crippen LogP contribution is -2.37. The number of nitrogens with zero attached hydrogens (tertiary/aromatic N) is 1. The third-order valence-electron chi connectivity index (χ3n) is 4.57. The molecule has 3 rings (SSSR count). The molecule has 1 saturated heterocycles. The summed E-state index contributed by atoms with van der Waals surface area (Å²) >= 11 is 0. The van der Waals surface area contributed by atoms with Crippen LogP contribution in [0.3, 0.4) is 0 Å². The molecule has 0 radical (unpaired) electrons. The fourth-order valence-electron chi connectivity index (χ4n) is 3.27. The van der Waals surface area contributed by atoms with Gasteiger partial charge in [0.15, 0.2) is 11.5 Å². The van der Waals surface area contributed by atoms with Crippen LogP contribution in [0.15, 0.2) is 42.5 Å². The maximum atomic E-state index is 12.7. The maximum Gasteiger partial charge on any atom is 0.255 e. The Morgan fingerprint density at radius 1 is 1.14 bits per heavy atom. The highest BCUT2D eigenvalue weighted by molar-refractivity contribution is 6.00. The predicted molar refractivity (Wildman–Crippen MR) is 105 cm³/mol. The number of hydrogen-bond donors (Lipinski definition) is 1. The van der Waals surface area contributed by atoms with Crippen molar-refractivity contribution in [2.24, 2.45) is 0 Å². The molecule has 1 aliphatic heterocycles. The minimum absolute atomic E-state index is 0.0351.